The van der Waals surface area contributed by atoms with Crippen LogP contribution in [0, 0.1) is 13.8 Å². The molecule has 0 saturated carbocycles. The molecule has 2 heterocycles. The van der Waals surface area contributed by atoms with Crippen LogP contribution in [0.5, 0.6) is 0 Å². The van der Waals surface area contributed by atoms with E-state index in [4.69, 9.17) is 23.9 Å². The Morgan fingerprint density at radius 1 is 1.19 bits per heavy atom. The van der Waals surface area contributed by atoms with Crippen LogP contribution >= 0.6 is 0 Å². The summed E-state index contributed by atoms with van der Waals surface area (Å²) in [5, 5.41) is 3.00. The van der Waals surface area contributed by atoms with Crippen LogP contribution in [0.15, 0.2) is 24.0 Å². The van der Waals surface area contributed by atoms with E-state index in [1.54, 1.807) is 26.2 Å². The summed E-state index contributed by atoms with van der Waals surface area (Å²) in [4.78, 5) is 37.1. The van der Waals surface area contributed by atoms with Gasteiger partial charge in [0.1, 0.15) is 6.10 Å². The van der Waals surface area contributed by atoms with Gasteiger partial charge >= 0.3 is 6.16 Å². The molecule has 1 aromatic rings. The standard InChI is InChI=1S/C22H30N2O7/c1-7-30-21(26)31-19-18(16-12-14(2)8-9-15(16)3)20(25)24(29-6)22(19)10-11-23(28-5)13-17(22)27-4/h8-9,12,17H,7,10-11,13H2,1-6H3. The summed E-state index contributed by atoms with van der Waals surface area (Å²) < 4.78 is 16.6. The number of hydrogen-bond acceptors (Lipinski definition) is 8. The molecular weight excluding hydrogens is 404 g/mol. The first-order chi connectivity index (χ1) is 14.8. The molecule has 1 saturated heterocycles. The number of carbonyl (C=O) groups is 2. The highest BCUT2D eigenvalue weighted by Crippen LogP contribution is 2.48. The number of nitrogens with zero attached hydrogens (tertiary/aromatic N) is 2. The second kappa shape index (κ2) is 9.35. The maximum atomic E-state index is 13.6. The summed E-state index contributed by atoms with van der Waals surface area (Å²) in [5.41, 5.74) is 1.62. The normalized spacial score (nSPS) is 24.3. The Labute approximate surface area is 182 Å². The third kappa shape index (κ3) is 3.94. The average molecular weight is 434 g/mol. The van der Waals surface area contributed by atoms with Gasteiger partial charge in [-0.15, -0.1) is 0 Å². The zero-order chi connectivity index (χ0) is 22.8. The zero-order valence-corrected chi connectivity index (χ0v) is 18.9. The molecule has 0 aliphatic carbocycles. The Bertz CT molecular complexity index is 885. The lowest BCUT2D eigenvalue weighted by molar-refractivity contribution is -0.253. The van der Waals surface area contributed by atoms with E-state index < -0.39 is 23.7 Å². The number of rotatable bonds is 6. The summed E-state index contributed by atoms with van der Waals surface area (Å²) in [6.45, 7) is 6.49. The molecule has 0 aromatic heterocycles. The molecule has 2 unspecified atom stereocenters. The molecule has 2 aliphatic rings. The lowest BCUT2D eigenvalue weighted by atomic mass is 9.82. The summed E-state index contributed by atoms with van der Waals surface area (Å²) in [5.74, 6) is -0.225. The van der Waals surface area contributed by atoms with Crippen LogP contribution in [-0.2, 0) is 28.7 Å². The minimum atomic E-state index is -1.16. The smallest absolute Gasteiger partial charge is 0.434 e. The minimum absolute atomic E-state index is 0.144. The second-order valence-electron chi connectivity index (χ2n) is 7.56. The molecule has 2 atom stereocenters. The predicted molar refractivity (Wildman–Crippen MR) is 112 cm³/mol. The highest BCUT2D eigenvalue weighted by atomic mass is 16.7. The molecule has 9 heteroatoms. The molecule has 1 fully saturated rings. The molecule has 9 nitrogen and oxygen atoms in total. The fraction of sp³-hybridized carbons (Fsp3) is 0.545. The van der Waals surface area contributed by atoms with Crippen molar-refractivity contribution in [3.8, 4) is 0 Å². The van der Waals surface area contributed by atoms with E-state index >= 15 is 0 Å². The fourth-order valence-electron chi connectivity index (χ4n) is 4.36. The van der Waals surface area contributed by atoms with Gasteiger partial charge in [0.25, 0.3) is 5.91 Å². The van der Waals surface area contributed by atoms with Crippen LogP contribution in [0.2, 0.25) is 0 Å². The molecule has 1 aromatic carbocycles. The number of amides is 1. The molecule has 170 valence electrons. The third-order valence-corrected chi connectivity index (χ3v) is 5.86. The van der Waals surface area contributed by atoms with Crippen molar-refractivity contribution in [3.63, 3.8) is 0 Å². The van der Waals surface area contributed by atoms with Crippen molar-refractivity contribution in [2.45, 2.75) is 38.8 Å². The molecule has 31 heavy (non-hydrogen) atoms. The number of ether oxygens (including phenoxy) is 3. The van der Waals surface area contributed by atoms with E-state index in [0.29, 0.717) is 25.1 Å². The number of methoxy groups -OCH3 is 1. The number of hydrogen-bond donors (Lipinski definition) is 0. The maximum absolute atomic E-state index is 13.6. The molecule has 0 radical (unpaired) electrons. The quantitative estimate of drug-likeness (QED) is 0.632. The Balaban J connectivity index is 2.26. The van der Waals surface area contributed by atoms with Crippen LogP contribution in [0.4, 0.5) is 4.79 Å². The molecule has 3 rings (SSSR count). The van der Waals surface area contributed by atoms with Crippen molar-refractivity contribution in [3.05, 3.63) is 40.6 Å². The Hall–Kier alpha value is -2.46. The van der Waals surface area contributed by atoms with E-state index in [1.807, 2.05) is 32.0 Å². The van der Waals surface area contributed by atoms with E-state index in [0.717, 1.165) is 11.1 Å². The molecular formula is C22H30N2O7. The van der Waals surface area contributed by atoms with E-state index in [2.05, 4.69) is 0 Å². The summed E-state index contributed by atoms with van der Waals surface area (Å²) in [6, 6.07) is 5.79. The van der Waals surface area contributed by atoms with Crippen LogP contribution in [0.25, 0.3) is 5.57 Å². The molecule has 2 aliphatic heterocycles. The first-order valence-corrected chi connectivity index (χ1v) is 10.2. The monoisotopic (exact) mass is 434 g/mol. The number of carbonyl (C=O) groups excluding carboxylic acids is 2. The van der Waals surface area contributed by atoms with Gasteiger partial charge in [-0.25, -0.2) is 9.86 Å². The minimum Gasteiger partial charge on any atom is -0.434 e. The van der Waals surface area contributed by atoms with E-state index in [1.165, 1.54) is 12.2 Å². The van der Waals surface area contributed by atoms with Gasteiger partial charge in [-0.1, -0.05) is 23.8 Å². The van der Waals surface area contributed by atoms with Crippen LogP contribution in [0.1, 0.15) is 30.0 Å². The summed E-state index contributed by atoms with van der Waals surface area (Å²) in [6.07, 6.45) is -1.10. The lowest BCUT2D eigenvalue weighted by Crippen LogP contribution is -2.64. The molecule has 0 bridgehead atoms. The van der Waals surface area contributed by atoms with Gasteiger partial charge in [0.15, 0.2) is 11.3 Å². The third-order valence-electron chi connectivity index (χ3n) is 5.86. The first-order valence-electron chi connectivity index (χ1n) is 10.2. The summed E-state index contributed by atoms with van der Waals surface area (Å²) in [7, 11) is 4.54. The van der Waals surface area contributed by atoms with Crippen molar-refractivity contribution >= 4 is 17.6 Å². The maximum Gasteiger partial charge on any atom is 0.513 e. The Morgan fingerprint density at radius 2 is 1.94 bits per heavy atom. The van der Waals surface area contributed by atoms with Crippen molar-refractivity contribution in [1.29, 1.82) is 0 Å². The van der Waals surface area contributed by atoms with Gasteiger partial charge in [0.2, 0.25) is 0 Å². The number of hydroxylamine groups is 4. The van der Waals surface area contributed by atoms with Gasteiger partial charge in [-0.3, -0.25) is 9.63 Å². The highest BCUT2D eigenvalue weighted by Gasteiger charge is 2.62. The first kappa shape index (κ1) is 23.2. The highest BCUT2D eigenvalue weighted by molar-refractivity contribution is 6.23. The number of aryl methyl sites for hydroxylation is 2. The van der Waals surface area contributed by atoms with E-state index in [-0.39, 0.29) is 17.9 Å². The van der Waals surface area contributed by atoms with Crippen LogP contribution < -0.4 is 0 Å². The van der Waals surface area contributed by atoms with Gasteiger partial charge in [0.05, 0.1) is 32.9 Å². The summed E-state index contributed by atoms with van der Waals surface area (Å²) >= 11 is 0. The molecule has 1 spiro atoms. The average Bonchev–Trinajstić information content (AvgIpc) is 2.97. The SMILES string of the molecule is CCOC(=O)OC1=C(c2cc(C)ccc2C)C(=O)N(OC)C12CCN(OC)CC2OC. The van der Waals surface area contributed by atoms with Crippen LogP contribution in [-0.4, -0.2) is 74.9 Å². The van der Waals surface area contributed by atoms with Gasteiger partial charge in [-0.05, 0) is 38.3 Å². The van der Waals surface area contributed by atoms with Gasteiger partial charge in [0, 0.05) is 13.7 Å². The predicted octanol–water partition coefficient (Wildman–Crippen LogP) is 2.61. The lowest BCUT2D eigenvalue weighted by Gasteiger charge is -2.47. The van der Waals surface area contributed by atoms with Crippen molar-refractivity contribution in [2.75, 3.05) is 41.0 Å². The molecule has 1 amide bonds. The van der Waals surface area contributed by atoms with Gasteiger partial charge < -0.3 is 19.0 Å². The Morgan fingerprint density at radius 3 is 2.55 bits per heavy atom. The van der Waals surface area contributed by atoms with Gasteiger partial charge in [-0.2, -0.15) is 5.06 Å². The van der Waals surface area contributed by atoms with Crippen molar-refractivity contribution < 1.29 is 33.5 Å². The topological polar surface area (TPSA) is 86.8 Å². The van der Waals surface area contributed by atoms with Crippen LogP contribution in [0.3, 0.4) is 0 Å². The fourth-order valence-corrected chi connectivity index (χ4v) is 4.36. The largest absolute Gasteiger partial charge is 0.513 e. The number of piperidine rings is 1. The van der Waals surface area contributed by atoms with Crippen molar-refractivity contribution in [1.82, 2.24) is 10.1 Å². The van der Waals surface area contributed by atoms with E-state index in [9.17, 15) is 9.59 Å². The molecule has 0 N–H and O–H groups in total. The Kier molecular flexibility index (Phi) is 7.00. The van der Waals surface area contributed by atoms with Crippen molar-refractivity contribution in [2.24, 2.45) is 0 Å². The number of benzene rings is 1. The second-order valence-corrected chi connectivity index (χ2v) is 7.56. The zero-order valence-electron chi connectivity index (χ0n) is 18.9.